The molecule has 1 fully saturated rings. The second kappa shape index (κ2) is 5.58. The van der Waals surface area contributed by atoms with Gasteiger partial charge in [-0.1, -0.05) is 0 Å². The molecule has 6 heteroatoms. The second-order valence-electron chi connectivity index (χ2n) is 4.94. The molecule has 0 radical (unpaired) electrons. The summed E-state index contributed by atoms with van der Waals surface area (Å²) in [5, 5.41) is 7.41. The maximum atomic E-state index is 11.3. The average Bonchev–Trinajstić information content (AvgIpc) is 2.71. The largest absolute Gasteiger partial charge is 0.343 e. The SMILES string of the molecule is CNCC1=CN(C2CCN(C(C)=O)CC2)N(C)N1. The third kappa shape index (κ3) is 2.76. The molecule has 6 nitrogen and oxygen atoms in total. The Labute approximate surface area is 109 Å². The van der Waals surface area contributed by atoms with Crippen LogP contribution in [0.5, 0.6) is 0 Å². The van der Waals surface area contributed by atoms with Crippen LogP contribution in [0, 0.1) is 0 Å². The fourth-order valence-electron chi connectivity index (χ4n) is 2.61. The first-order chi connectivity index (χ1) is 8.61. The van der Waals surface area contributed by atoms with E-state index in [0.717, 1.165) is 32.5 Å². The summed E-state index contributed by atoms with van der Waals surface area (Å²) in [5.41, 5.74) is 4.49. The summed E-state index contributed by atoms with van der Waals surface area (Å²) < 4.78 is 0. The van der Waals surface area contributed by atoms with Gasteiger partial charge in [-0.05, 0) is 19.9 Å². The predicted molar refractivity (Wildman–Crippen MR) is 70.0 cm³/mol. The van der Waals surface area contributed by atoms with Crippen LogP contribution in [0.15, 0.2) is 11.9 Å². The van der Waals surface area contributed by atoms with Gasteiger partial charge in [0.05, 0.1) is 11.7 Å². The van der Waals surface area contributed by atoms with Crippen LogP contribution in [-0.4, -0.2) is 60.7 Å². The highest BCUT2D eigenvalue weighted by molar-refractivity contribution is 5.73. The van der Waals surface area contributed by atoms with E-state index in [1.165, 1.54) is 5.70 Å². The zero-order valence-electron chi connectivity index (χ0n) is 11.4. The van der Waals surface area contributed by atoms with Gasteiger partial charge in [0, 0.05) is 39.8 Å². The van der Waals surface area contributed by atoms with Crippen LogP contribution >= 0.6 is 0 Å². The summed E-state index contributed by atoms with van der Waals surface area (Å²) in [6.07, 6.45) is 4.20. The number of amides is 1. The highest BCUT2D eigenvalue weighted by atomic mass is 16.2. The van der Waals surface area contributed by atoms with Crippen LogP contribution in [0.1, 0.15) is 19.8 Å². The number of likely N-dealkylation sites (N-methyl/N-ethyl adjacent to an activating group) is 1. The Bertz CT molecular complexity index is 335. The molecule has 0 atom stereocenters. The fraction of sp³-hybridized carbons (Fsp3) is 0.750. The molecule has 1 saturated heterocycles. The van der Waals surface area contributed by atoms with Crippen molar-refractivity contribution in [2.75, 3.05) is 33.7 Å². The predicted octanol–water partition coefficient (Wildman–Crippen LogP) is -0.275. The normalized spacial score (nSPS) is 22.1. The Morgan fingerprint density at radius 3 is 2.72 bits per heavy atom. The molecule has 0 bridgehead atoms. The molecule has 2 N–H and O–H groups in total. The van der Waals surface area contributed by atoms with Crippen LogP contribution in [0.25, 0.3) is 0 Å². The van der Waals surface area contributed by atoms with E-state index >= 15 is 0 Å². The molecular formula is C12H23N5O. The Morgan fingerprint density at radius 2 is 2.17 bits per heavy atom. The van der Waals surface area contributed by atoms with Gasteiger partial charge in [-0.15, -0.1) is 5.12 Å². The summed E-state index contributed by atoms with van der Waals surface area (Å²) in [7, 11) is 3.97. The second-order valence-corrected chi connectivity index (χ2v) is 4.94. The van der Waals surface area contributed by atoms with Gasteiger partial charge in [0.15, 0.2) is 0 Å². The topological polar surface area (TPSA) is 50.9 Å². The molecule has 0 aliphatic carbocycles. The zero-order chi connectivity index (χ0) is 13.1. The molecule has 2 heterocycles. The van der Waals surface area contributed by atoms with Gasteiger partial charge in [0.2, 0.25) is 5.91 Å². The fourth-order valence-corrected chi connectivity index (χ4v) is 2.61. The van der Waals surface area contributed by atoms with Crippen molar-refractivity contribution in [3.63, 3.8) is 0 Å². The summed E-state index contributed by atoms with van der Waals surface area (Å²) in [5.74, 6) is 0.188. The number of likely N-dealkylation sites (tertiary alicyclic amines) is 1. The van der Waals surface area contributed by atoms with Crippen molar-refractivity contribution in [3.05, 3.63) is 11.9 Å². The van der Waals surface area contributed by atoms with Gasteiger partial charge >= 0.3 is 0 Å². The highest BCUT2D eigenvalue weighted by Gasteiger charge is 2.29. The number of carbonyl (C=O) groups excluding carboxylic acids is 1. The summed E-state index contributed by atoms with van der Waals surface area (Å²) in [4.78, 5) is 13.2. The standard InChI is InChI=1S/C12H23N5O/c1-10(18)16-6-4-12(5-7-16)17-9-11(8-13-2)14-15(17)3/h9,12-14H,4-8H2,1-3H3. The van der Waals surface area contributed by atoms with E-state index in [0.29, 0.717) is 6.04 Å². The lowest BCUT2D eigenvalue weighted by Crippen LogP contribution is -2.50. The smallest absolute Gasteiger partial charge is 0.219 e. The average molecular weight is 253 g/mol. The van der Waals surface area contributed by atoms with Gasteiger partial charge in [-0.25, -0.2) is 0 Å². The van der Waals surface area contributed by atoms with Crippen molar-refractivity contribution < 1.29 is 4.79 Å². The number of nitrogens with one attached hydrogen (secondary N) is 2. The molecule has 102 valence electrons. The first kappa shape index (κ1) is 13.2. The van der Waals surface area contributed by atoms with Crippen LogP contribution in [0.4, 0.5) is 0 Å². The molecule has 0 aromatic heterocycles. The van der Waals surface area contributed by atoms with Crippen LogP contribution in [0.3, 0.4) is 0 Å². The van der Waals surface area contributed by atoms with Crippen LogP contribution in [-0.2, 0) is 4.79 Å². The lowest BCUT2D eigenvalue weighted by molar-refractivity contribution is -0.131. The van der Waals surface area contributed by atoms with Gasteiger partial charge < -0.3 is 15.6 Å². The molecule has 2 aliphatic rings. The molecule has 0 aromatic rings. The van der Waals surface area contributed by atoms with E-state index in [4.69, 9.17) is 0 Å². The lowest BCUT2D eigenvalue weighted by Gasteiger charge is -2.38. The minimum absolute atomic E-state index is 0.188. The monoisotopic (exact) mass is 253 g/mol. The molecule has 2 aliphatic heterocycles. The highest BCUT2D eigenvalue weighted by Crippen LogP contribution is 2.21. The molecule has 2 rings (SSSR count). The Kier molecular flexibility index (Phi) is 4.08. The van der Waals surface area contributed by atoms with Gasteiger partial charge in [0.25, 0.3) is 0 Å². The van der Waals surface area contributed by atoms with Crippen LogP contribution in [0.2, 0.25) is 0 Å². The Morgan fingerprint density at radius 1 is 1.50 bits per heavy atom. The number of hydrogen-bond acceptors (Lipinski definition) is 5. The summed E-state index contributed by atoms with van der Waals surface area (Å²) in [6.45, 7) is 4.21. The number of hydrazine groups is 2. The Hall–Kier alpha value is -1.27. The zero-order valence-corrected chi connectivity index (χ0v) is 11.4. The van der Waals surface area contributed by atoms with Crippen molar-refractivity contribution in [1.82, 2.24) is 25.8 Å². The number of rotatable bonds is 3. The number of nitrogens with zero attached hydrogens (tertiary/aromatic N) is 3. The lowest BCUT2D eigenvalue weighted by atomic mass is 10.0. The first-order valence-corrected chi connectivity index (χ1v) is 6.51. The van der Waals surface area contributed by atoms with E-state index in [1.54, 1.807) is 6.92 Å². The molecule has 0 aromatic carbocycles. The third-order valence-electron chi connectivity index (χ3n) is 3.59. The molecule has 0 saturated carbocycles. The Balaban J connectivity index is 1.91. The summed E-state index contributed by atoms with van der Waals surface area (Å²) >= 11 is 0. The van der Waals surface area contributed by atoms with Gasteiger partial charge in [0.1, 0.15) is 0 Å². The van der Waals surface area contributed by atoms with E-state index in [1.807, 2.05) is 24.1 Å². The van der Waals surface area contributed by atoms with E-state index in [9.17, 15) is 4.79 Å². The van der Waals surface area contributed by atoms with Gasteiger partial charge in [-0.3, -0.25) is 9.80 Å². The quantitative estimate of drug-likeness (QED) is 0.725. The number of piperidine rings is 1. The molecule has 0 spiro atoms. The van der Waals surface area contributed by atoms with E-state index in [2.05, 4.69) is 22.0 Å². The van der Waals surface area contributed by atoms with Crippen molar-refractivity contribution in [2.24, 2.45) is 0 Å². The van der Waals surface area contributed by atoms with E-state index < -0.39 is 0 Å². The number of hydrogen-bond donors (Lipinski definition) is 2. The molecule has 0 unspecified atom stereocenters. The van der Waals surface area contributed by atoms with Crippen molar-refractivity contribution in [2.45, 2.75) is 25.8 Å². The van der Waals surface area contributed by atoms with Crippen LogP contribution < -0.4 is 10.7 Å². The van der Waals surface area contributed by atoms with Crippen molar-refractivity contribution in [3.8, 4) is 0 Å². The summed E-state index contributed by atoms with van der Waals surface area (Å²) in [6, 6.07) is 0.479. The molecule has 18 heavy (non-hydrogen) atoms. The van der Waals surface area contributed by atoms with Crippen molar-refractivity contribution >= 4 is 5.91 Å². The third-order valence-corrected chi connectivity index (χ3v) is 3.59. The molecule has 1 amide bonds. The number of carbonyl (C=O) groups is 1. The maximum absolute atomic E-state index is 11.3. The van der Waals surface area contributed by atoms with E-state index in [-0.39, 0.29) is 5.91 Å². The minimum atomic E-state index is 0.188. The first-order valence-electron chi connectivity index (χ1n) is 6.51. The maximum Gasteiger partial charge on any atom is 0.219 e. The van der Waals surface area contributed by atoms with Crippen molar-refractivity contribution in [1.29, 1.82) is 0 Å². The minimum Gasteiger partial charge on any atom is -0.343 e. The van der Waals surface area contributed by atoms with Gasteiger partial charge in [-0.2, -0.15) is 0 Å². The molecular weight excluding hydrogens is 230 g/mol.